The van der Waals surface area contributed by atoms with Crippen LogP contribution in [0.25, 0.3) is 0 Å². The largest absolute Gasteiger partial charge is 0.356 e. The zero-order valence-corrected chi connectivity index (χ0v) is 16.5. The second-order valence-electron chi connectivity index (χ2n) is 7.26. The van der Waals surface area contributed by atoms with Crippen molar-refractivity contribution in [3.05, 3.63) is 35.9 Å². The summed E-state index contributed by atoms with van der Waals surface area (Å²) in [6.07, 6.45) is 4.84. The zero-order chi connectivity index (χ0) is 18.8. The highest BCUT2D eigenvalue weighted by Gasteiger charge is 2.27. The fraction of sp³-hybridized carbons (Fsp3) is 0.632. The van der Waals surface area contributed by atoms with Crippen molar-refractivity contribution >= 4 is 15.9 Å². The molecule has 6 heteroatoms. The van der Waals surface area contributed by atoms with Crippen molar-refractivity contribution in [3.8, 4) is 0 Å². The molecule has 0 aliphatic heterocycles. The molecule has 0 aliphatic rings. The smallest absolute Gasteiger partial charge is 0.219 e. The second-order valence-corrected chi connectivity index (χ2v) is 9.78. The number of carbonyl (C=O) groups excluding carboxylic acids is 1. The Morgan fingerprint density at radius 2 is 1.60 bits per heavy atom. The SMILES string of the molecule is CC(C)(C)S(=O)(=O)NCCCCC(=O)NCCCCc1ccccc1. The summed E-state index contributed by atoms with van der Waals surface area (Å²) in [5.41, 5.74) is 1.33. The monoisotopic (exact) mass is 368 g/mol. The Morgan fingerprint density at radius 1 is 0.960 bits per heavy atom. The molecule has 0 saturated carbocycles. The number of rotatable bonds is 11. The first-order chi connectivity index (χ1) is 11.7. The molecule has 0 saturated heterocycles. The van der Waals surface area contributed by atoms with Gasteiger partial charge in [-0.1, -0.05) is 30.3 Å². The van der Waals surface area contributed by atoms with Crippen LogP contribution in [0.5, 0.6) is 0 Å². The van der Waals surface area contributed by atoms with Crippen LogP contribution in [0.3, 0.4) is 0 Å². The van der Waals surface area contributed by atoms with Crippen LogP contribution in [0.2, 0.25) is 0 Å². The van der Waals surface area contributed by atoms with Gasteiger partial charge in [0.15, 0.2) is 0 Å². The van der Waals surface area contributed by atoms with Gasteiger partial charge >= 0.3 is 0 Å². The highest BCUT2D eigenvalue weighted by molar-refractivity contribution is 7.90. The summed E-state index contributed by atoms with van der Waals surface area (Å²) in [7, 11) is -3.29. The minimum Gasteiger partial charge on any atom is -0.356 e. The van der Waals surface area contributed by atoms with Crippen molar-refractivity contribution in [2.75, 3.05) is 13.1 Å². The fourth-order valence-corrected chi connectivity index (χ4v) is 3.09. The summed E-state index contributed by atoms with van der Waals surface area (Å²) in [4.78, 5) is 11.7. The van der Waals surface area contributed by atoms with Crippen molar-refractivity contribution in [2.45, 2.75) is 64.0 Å². The average Bonchev–Trinajstić information content (AvgIpc) is 2.54. The normalized spacial score (nSPS) is 12.1. The quantitative estimate of drug-likeness (QED) is 0.590. The number of aryl methyl sites for hydroxylation is 1. The van der Waals surface area contributed by atoms with E-state index >= 15 is 0 Å². The van der Waals surface area contributed by atoms with Gasteiger partial charge in [-0.05, 0) is 58.4 Å². The first kappa shape index (κ1) is 21.6. The number of sulfonamides is 1. The number of nitrogens with one attached hydrogen (secondary N) is 2. The standard InChI is InChI=1S/C19H32N2O3S/c1-19(2,3)25(23,24)21-16-10-8-14-18(22)20-15-9-7-13-17-11-5-4-6-12-17/h4-6,11-12,21H,7-10,13-16H2,1-3H3,(H,20,22). The maximum absolute atomic E-state index is 11.9. The molecule has 1 aromatic carbocycles. The van der Waals surface area contributed by atoms with Gasteiger partial charge < -0.3 is 5.32 Å². The summed E-state index contributed by atoms with van der Waals surface area (Å²) in [5, 5.41) is 2.92. The summed E-state index contributed by atoms with van der Waals surface area (Å²) in [5.74, 6) is 0.0402. The van der Waals surface area contributed by atoms with Gasteiger partial charge in [0.25, 0.3) is 0 Å². The highest BCUT2D eigenvalue weighted by Crippen LogP contribution is 2.12. The molecule has 1 amide bonds. The van der Waals surface area contributed by atoms with Gasteiger partial charge in [-0.25, -0.2) is 13.1 Å². The van der Waals surface area contributed by atoms with Crippen LogP contribution in [-0.4, -0.2) is 32.2 Å². The molecule has 0 radical (unpaired) electrons. The lowest BCUT2D eigenvalue weighted by atomic mass is 10.1. The highest BCUT2D eigenvalue weighted by atomic mass is 32.2. The summed E-state index contributed by atoms with van der Waals surface area (Å²) in [6.45, 7) is 6.08. The van der Waals surface area contributed by atoms with Gasteiger partial charge in [0.2, 0.25) is 15.9 Å². The molecule has 0 spiro atoms. The second kappa shape index (κ2) is 10.6. The first-order valence-electron chi connectivity index (χ1n) is 9.02. The van der Waals surface area contributed by atoms with E-state index in [1.807, 2.05) is 18.2 Å². The van der Waals surface area contributed by atoms with E-state index in [9.17, 15) is 13.2 Å². The van der Waals surface area contributed by atoms with Crippen LogP contribution >= 0.6 is 0 Å². The first-order valence-corrected chi connectivity index (χ1v) is 10.5. The number of hydrogen-bond acceptors (Lipinski definition) is 3. The van der Waals surface area contributed by atoms with Crippen LogP contribution in [0, 0.1) is 0 Å². The van der Waals surface area contributed by atoms with Gasteiger partial charge in [-0.2, -0.15) is 0 Å². The Labute approximate surface area is 152 Å². The average molecular weight is 369 g/mol. The third kappa shape index (κ3) is 9.02. The van der Waals surface area contributed by atoms with Crippen molar-refractivity contribution in [1.29, 1.82) is 0 Å². The molecule has 0 heterocycles. The maximum atomic E-state index is 11.9. The zero-order valence-electron chi connectivity index (χ0n) is 15.7. The number of hydrogen-bond donors (Lipinski definition) is 2. The molecule has 0 unspecified atom stereocenters. The van der Waals surface area contributed by atoms with Crippen molar-refractivity contribution < 1.29 is 13.2 Å². The molecule has 0 atom stereocenters. The third-order valence-corrected chi connectivity index (χ3v) is 6.18. The molecule has 0 aromatic heterocycles. The topological polar surface area (TPSA) is 75.3 Å². The molecule has 1 aromatic rings. The molecule has 2 N–H and O–H groups in total. The lowest BCUT2D eigenvalue weighted by Crippen LogP contribution is -2.39. The van der Waals surface area contributed by atoms with E-state index < -0.39 is 14.8 Å². The molecule has 0 aliphatic carbocycles. The predicted molar refractivity (Wildman–Crippen MR) is 103 cm³/mol. The molecular formula is C19H32N2O3S. The molecule has 142 valence electrons. The van der Waals surface area contributed by atoms with E-state index in [2.05, 4.69) is 22.2 Å². The number of benzene rings is 1. The lowest BCUT2D eigenvalue weighted by Gasteiger charge is -2.19. The van der Waals surface area contributed by atoms with Gasteiger partial charge in [0.1, 0.15) is 0 Å². The Morgan fingerprint density at radius 3 is 2.24 bits per heavy atom. The molecule has 25 heavy (non-hydrogen) atoms. The molecule has 0 fully saturated rings. The van der Waals surface area contributed by atoms with Crippen LogP contribution in [0.4, 0.5) is 0 Å². The maximum Gasteiger partial charge on any atom is 0.219 e. The van der Waals surface area contributed by atoms with Crippen molar-refractivity contribution in [3.63, 3.8) is 0 Å². The molecule has 0 bridgehead atoms. The fourth-order valence-electron chi connectivity index (χ4n) is 2.25. The van der Waals surface area contributed by atoms with E-state index in [1.54, 1.807) is 20.8 Å². The molecule has 5 nitrogen and oxygen atoms in total. The molecular weight excluding hydrogens is 336 g/mol. The van der Waals surface area contributed by atoms with E-state index in [-0.39, 0.29) is 5.91 Å². The van der Waals surface area contributed by atoms with Crippen LogP contribution in [-0.2, 0) is 21.2 Å². The van der Waals surface area contributed by atoms with Crippen LogP contribution < -0.4 is 10.0 Å². The minimum atomic E-state index is -3.29. The Bertz CT molecular complexity index is 607. The predicted octanol–water partition coefficient (Wildman–Crippen LogP) is 3.01. The van der Waals surface area contributed by atoms with Gasteiger partial charge in [0.05, 0.1) is 4.75 Å². The third-order valence-electron chi connectivity index (χ3n) is 3.99. The minimum absolute atomic E-state index is 0.0402. The van der Waals surface area contributed by atoms with E-state index in [1.165, 1.54) is 5.56 Å². The van der Waals surface area contributed by atoms with Crippen molar-refractivity contribution in [1.82, 2.24) is 10.0 Å². The van der Waals surface area contributed by atoms with E-state index in [0.717, 1.165) is 19.3 Å². The Balaban J connectivity index is 2.02. The Hall–Kier alpha value is -1.40. The number of unbranched alkanes of at least 4 members (excludes halogenated alkanes) is 2. The number of carbonyl (C=O) groups is 1. The van der Waals surface area contributed by atoms with Crippen LogP contribution in [0.15, 0.2) is 30.3 Å². The van der Waals surface area contributed by atoms with E-state index in [4.69, 9.17) is 0 Å². The van der Waals surface area contributed by atoms with Gasteiger partial charge in [-0.3, -0.25) is 4.79 Å². The molecule has 1 rings (SSSR count). The van der Waals surface area contributed by atoms with Crippen LogP contribution in [0.1, 0.15) is 58.4 Å². The Kier molecular flexibility index (Phi) is 9.14. The van der Waals surface area contributed by atoms with Gasteiger partial charge in [0, 0.05) is 19.5 Å². The van der Waals surface area contributed by atoms with E-state index in [0.29, 0.717) is 32.4 Å². The van der Waals surface area contributed by atoms with Gasteiger partial charge in [-0.15, -0.1) is 0 Å². The summed E-state index contributed by atoms with van der Waals surface area (Å²) >= 11 is 0. The summed E-state index contributed by atoms with van der Waals surface area (Å²) in [6, 6.07) is 10.3. The number of amides is 1. The summed E-state index contributed by atoms with van der Waals surface area (Å²) < 4.78 is 25.5. The lowest BCUT2D eigenvalue weighted by molar-refractivity contribution is -0.121. The van der Waals surface area contributed by atoms with Crippen molar-refractivity contribution in [2.24, 2.45) is 0 Å².